The van der Waals surface area contributed by atoms with Gasteiger partial charge in [-0.3, -0.25) is 9.78 Å². The molecule has 0 aliphatic heterocycles. The normalized spacial score (nSPS) is 10.9. The number of aromatic nitrogens is 4. The Morgan fingerprint density at radius 1 is 1.10 bits per heavy atom. The Balaban J connectivity index is 0.00000256. The van der Waals surface area contributed by atoms with E-state index in [-0.39, 0.29) is 7.33 Å². The van der Waals surface area contributed by atoms with Crippen LogP contribution in [0.1, 0.15) is 23.0 Å². The number of carbonyl (C=O) groups is 1. The molecule has 0 N–H and O–H groups in total. The summed E-state index contributed by atoms with van der Waals surface area (Å²) in [7, 11) is 3.45. The van der Waals surface area contributed by atoms with Gasteiger partial charge in [0.2, 0.25) is 0 Å². The number of nitrogens with zero attached hydrogens (tertiary/aromatic N) is 5. The monoisotopic (exact) mass is 407 g/mol. The van der Waals surface area contributed by atoms with Gasteiger partial charge in [0.05, 0.1) is 22.5 Å². The van der Waals surface area contributed by atoms with Crippen LogP contribution in [0, 0.1) is 13.8 Å². The molecule has 4 aromatic rings. The highest BCUT2D eigenvalue weighted by molar-refractivity contribution is 7.13. The molecule has 8 heteroatoms. The van der Waals surface area contributed by atoms with Crippen LogP contribution in [0.5, 0.6) is 0 Å². The molecule has 3 heterocycles. The summed E-state index contributed by atoms with van der Waals surface area (Å²) >= 11 is 1.56. The zero-order chi connectivity index (χ0) is 20.5. The molecule has 0 fully saturated rings. The Labute approximate surface area is 173 Å². The summed E-state index contributed by atoms with van der Waals surface area (Å²) in [5.41, 5.74) is 4.53. The number of thiophene rings is 1. The Morgan fingerprint density at radius 3 is 2.48 bits per heavy atom. The minimum absolute atomic E-state index is 0. The average Bonchev–Trinajstić information content (AvgIpc) is 3.37. The van der Waals surface area contributed by atoms with Crippen molar-refractivity contribution in [3.8, 4) is 33.6 Å². The Bertz CT molecular complexity index is 1180. The fourth-order valence-corrected chi connectivity index (χ4v) is 3.61. The van der Waals surface area contributed by atoms with Gasteiger partial charge in [-0.2, -0.15) is 0 Å². The van der Waals surface area contributed by atoms with Crippen molar-refractivity contribution < 1.29 is 10.6 Å². The molecule has 3 aromatic heterocycles. The number of hydrogen-bond donors (Lipinski definition) is 0. The maximum absolute atomic E-state index is 12.1. The largest absolute Gasteiger partial charge is 0.414 e. The van der Waals surface area contributed by atoms with Crippen LogP contribution < -0.4 is 0 Å². The van der Waals surface area contributed by atoms with E-state index in [1.54, 1.807) is 48.7 Å². The Morgan fingerprint density at radius 2 is 1.83 bits per heavy atom. The highest BCUT2D eigenvalue weighted by Crippen LogP contribution is 2.29. The fourth-order valence-electron chi connectivity index (χ4n) is 2.79. The molecule has 0 aliphatic carbocycles. The zero-order valence-corrected chi connectivity index (χ0v) is 17.3. The quantitative estimate of drug-likeness (QED) is 0.496. The van der Waals surface area contributed by atoms with Crippen LogP contribution in [0.4, 0.5) is 0 Å². The second-order valence-corrected chi connectivity index (χ2v) is 7.78. The topological polar surface area (TPSA) is 85.0 Å². The molecule has 4 rings (SSSR count). The van der Waals surface area contributed by atoms with E-state index in [0.29, 0.717) is 34.4 Å². The van der Waals surface area contributed by atoms with Gasteiger partial charge in [0.1, 0.15) is 5.69 Å². The van der Waals surface area contributed by atoms with Crippen molar-refractivity contribution in [2.45, 2.75) is 13.8 Å². The summed E-state index contributed by atoms with van der Waals surface area (Å²) in [4.78, 5) is 23.7. The first kappa shape index (κ1) is 18.9. The highest BCUT2D eigenvalue weighted by atomic mass is 32.1. The van der Waals surface area contributed by atoms with E-state index in [1.807, 2.05) is 37.4 Å². The molecule has 7 nitrogen and oxygen atoms in total. The van der Waals surface area contributed by atoms with E-state index < -0.39 is 0 Å². The molecule has 0 radical (unpaired) electrons. The number of aryl methyl sites for hydroxylation is 2. The average molecular weight is 407 g/mol. The summed E-state index contributed by atoms with van der Waals surface area (Å²) in [6, 6.07) is 9.28. The van der Waals surface area contributed by atoms with Gasteiger partial charge in [-0.25, -0.2) is 4.98 Å². The molecule has 0 bridgehead atoms. The van der Waals surface area contributed by atoms with E-state index in [2.05, 4.69) is 20.2 Å². The summed E-state index contributed by atoms with van der Waals surface area (Å²) in [5, 5.41) is 10.4. The SMILES string of the molecule is Cc1csc(-c2nnc(-c3nc(-c4ccc(C(=O)N(C)C)cc4)cnc3C)o2)c1.[HH]. The predicted octanol–water partition coefficient (Wildman–Crippen LogP) is 4.49. The Hall–Kier alpha value is -3.39. The van der Waals surface area contributed by atoms with E-state index in [4.69, 9.17) is 4.42 Å². The Kier molecular flexibility index (Phi) is 4.94. The third kappa shape index (κ3) is 3.79. The molecule has 1 amide bonds. The minimum atomic E-state index is -0.0468. The summed E-state index contributed by atoms with van der Waals surface area (Å²) in [6.45, 7) is 3.87. The lowest BCUT2D eigenvalue weighted by atomic mass is 10.1. The zero-order valence-electron chi connectivity index (χ0n) is 16.5. The van der Waals surface area contributed by atoms with Crippen LogP contribution in [0.2, 0.25) is 0 Å². The van der Waals surface area contributed by atoms with Gasteiger partial charge in [-0.1, -0.05) is 12.1 Å². The van der Waals surface area contributed by atoms with Crippen molar-refractivity contribution in [2.24, 2.45) is 0 Å². The molecule has 0 spiro atoms. The van der Waals surface area contributed by atoms with Crippen molar-refractivity contribution in [1.82, 2.24) is 25.1 Å². The maximum Gasteiger partial charge on any atom is 0.268 e. The molecule has 0 saturated carbocycles. The highest BCUT2D eigenvalue weighted by Gasteiger charge is 2.17. The van der Waals surface area contributed by atoms with Crippen molar-refractivity contribution >= 4 is 17.2 Å². The van der Waals surface area contributed by atoms with Gasteiger partial charge in [0.15, 0.2) is 0 Å². The van der Waals surface area contributed by atoms with E-state index in [0.717, 1.165) is 16.0 Å². The maximum atomic E-state index is 12.1. The number of hydrogen-bond acceptors (Lipinski definition) is 7. The molecule has 1 aromatic carbocycles. The third-order valence-corrected chi connectivity index (χ3v) is 5.39. The fraction of sp³-hybridized carbons (Fsp3) is 0.190. The van der Waals surface area contributed by atoms with E-state index in [9.17, 15) is 4.79 Å². The lowest BCUT2D eigenvalue weighted by Gasteiger charge is -2.10. The molecular weight excluding hydrogens is 386 g/mol. The molecule has 0 atom stereocenters. The van der Waals surface area contributed by atoms with Crippen LogP contribution in [0.15, 0.2) is 46.3 Å². The molecule has 0 saturated heterocycles. The van der Waals surface area contributed by atoms with Gasteiger partial charge in [-0.05, 0) is 43.0 Å². The first-order valence-corrected chi connectivity index (χ1v) is 9.85. The predicted molar refractivity (Wildman–Crippen MR) is 114 cm³/mol. The van der Waals surface area contributed by atoms with Crippen LogP contribution in [0.25, 0.3) is 33.6 Å². The number of rotatable bonds is 4. The van der Waals surface area contributed by atoms with Crippen LogP contribution in [-0.4, -0.2) is 45.1 Å². The summed E-state index contributed by atoms with van der Waals surface area (Å²) in [5.74, 6) is 0.753. The van der Waals surface area contributed by atoms with E-state index in [1.165, 1.54) is 0 Å². The standard InChI is InChI=1S/C21H19N5O2S.H2/c1-12-9-17(29-11-12)19-24-25-20(28-19)18-13(2)22-10-16(23-18)14-5-7-15(8-6-14)21(27)26(3)4;/h5-11H,1-4H3;1H. The molecule has 29 heavy (non-hydrogen) atoms. The second kappa shape index (κ2) is 7.56. The number of amides is 1. The van der Waals surface area contributed by atoms with Crippen LogP contribution >= 0.6 is 11.3 Å². The number of benzene rings is 1. The lowest BCUT2D eigenvalue weighted by molar-refractivity contribution is 0.0827. The first-order chi connectivity index (χ1) is 13.9. The van der Waals surface area contributed by atoms with Gasteiger partial charge >= 0.3 is 0 Å². The van der Waals surface area contributed by atoms with Crippen molar-refractivity contribution in [2.75, 3.05) is 14.1 Å². The summed E-state index contributed by atoms with van der Waals surface area (Å²) in [6.07, 6.45) is 1.70. The van der Waals surface area contributed by atoms with Crippen molar-refractivity contribution in [3.63, 3.8) is 0 Å². The molecule has 148 valence electrons. The smallest absolute Gasteiger partial charge is 0.268 e. The van der Waals surface area contributed by atoms with Crippen LogP contribution in [-0.2, 0) is 0 Å². The summed E-state index contributed by atoms with van der Waals surface area (Å²) < 4.78 is 5.85. The number of carbonyl (C=O) groups excluding carboxylic acids is 1. The minimum Gasteiger partial charge on any atom is -0.414 e. The molecule has 0 unspecified atom stereocenters. The van der Waals surface area contributed by atoms with Gasteiger partial charge in [-0.15, -0.1) is 21.5 Å². The van der Waals surface area contributed by atoms with Crippen molar-refractivity contribution in [3.05, 3.63) is 58.7 Å². The van der Waals surface area contributed by atoms with Gasteiger partial charge in [0.25, 0.3) is 17.7 Å². The third-order valence-electron chi connectivity index (χ3n) is 4.36. The van der Waals surface area contributed by atoms with Crippen LogP contribution in [0.3, 0.4) is 0 Å². The van der Waals surface area contributed by atoms with Gasteiger partial charge < -0.3 is 9.32 Å². The van der Waals surface area contributed by atoms with E-state index >= 15 is 0 Å². The molecule has 0 aliphatic rings. The first-order valence-electron chi connectivity index (χ1n) is 8.97. The van der Waals surface area contributed by atoms with Crippen molar-refractivity contribution in [1.29, 1.82) is 0 Å². The molecular formula is C21H21N5O2S. The second-order valence-electron chi connectivity index (χ2n) is 6.87. The van der Waals surface area contributed by atoms with Gasteiger partial charge in [0, 0.05) is 26.6 Å². The lowest BCUT2D eigenvalue weighted by Crippen LogP contribution is -2.21.